The molecule has 3 fully saturated rings. The molecule has 58 heavy (non-hydrogen) atoms. The van der Waals surface area contributed by atoms with Crippen LogP contribution in [-0.2, 0) is 42.9 Å². The minimum atomic E-state index is -2.51. The van der Waals surface area contributed by atoms with E-state index in [-0.39, 0.29) is 49.5 Å². The Morgan fingerprint density at radius 3 is 2.33 bits per heavy atom. The summed E-state index contributed by atoms with van der Waals surface area (Å²) >= 11 is 0. The van der Waals surface area contributed by atoms with E-state index in [1.807, 2.05) is 26.0 Å². The van der Waals surface area contributed by atoms with Crippen molar-refractivity contribution in [3.8, 4) is 0 Å². The summed E-state index contributed by atoms with van der Waals surface area (Å²) in [6, 6.07) is -1.14. The number of esters is 1. The molecule has 3 aliphatic heterocycles. The fraction of sp³-hybridized carbons (Fsp3) is 0.773. The fourth-order valence-electron chi connectivity index (χ4n) is 9.83. The van der Waals surface area contributed by atoms with E-state index in [2.05, 4.69) is 13.5 Å². The molecule has 328 valence electrons. The Bertz CT molecular complexity index is 1530. The second-order valence-corrected chi connectivity index (χ2v) is 19.6. The number of aliphatic hydroxyl groups excluding tert-OH is 2. The molecule has 1 saturated carbocycles. The third-order valence-corrected chi connectivity index (χ3v) is 14.7. The topological polar surface area (TPSA) is 178 Å². The lowest BCUT2D eigenvalue weighted by atomic mass is 9.81. The zero-order valence-corrected chi connectivity index (χ0v) is 38.3. The monoisotopic (exact) mass is 833 g/mol. The number of carbonyl (C=O) groups is 4. The highest BCUT2D eigenvalue weighted by Gasteiger charge is 2.58. The van der Waals surface area contributed by atoms with Crippen LogP contribution in [0.25, 0.3) is 0 Å². The van der Waals surface area contributed by atoms with Crippen LogP contribution < -0.4 is 0 Å². The van der Waals surface area contributed by atoms with E-state index in [0.29, 0.717) is 67.2 Å². The molecule has 0 aromatic heterocycles. The molecule has 4 rings (SSSR count). The number of carbonyl (C=O) groups excluding carboxylic acids is 4. The second-order valence-electron chi connectivity index (χ2n) is 17.9. The largest absolute Gasteiger partial charge is 0.456 e. The molecule has 2 bridgehead atoms. The van der Waals surface area contributed by atoms with Gasteiger partial charge in [-0.1, -0.05) is 44.6 Å². The number of rotatable bonds is 7. The molecule has 3 heterocycles. The normalized spacial score (nSPS) is 41.8. The number of hydrogen-bond acceptors (Lipinski definition) is 12. The van der Waals surface area contributed by atoms with Gasteiger partial charge < -0.3 is 43.9 Å². The average Bonchev–Trinajstić information content (AvgIpc) is 3.19. The minimum Gasteiger partial charge on any atom is -0.456 e. The predicted octanol–water partition coefficient (Wildman–Crippen LogP) is 3.33. The van der Waals surface area contributed by atoms with Crippen molar-refractivity contribution >= 4 is 33.7 Å². The van der Waals surface area contributed by atoms with Crippen LogP contribution >= 0.6 is 0 Å². The maximum absolute atomic E-state index is 14.4. The first-order valence-electron chi connectivity index (χ1n) is 21.3. The summed E-state index contributed by atoms with van der Waals surface area (Å²) in [5.74, 6) is -7.74. The van der Waals surface area contributed by atoms with E-state index in [1.54, 1.807) is 41.3 Å². The molecule has 1 aliphatic carbocycles. The molecule has 4 aliphatic rings. The maximum Gasteiger partial charge on any atom is 0.329 e. The lowest BCUT2D eigenvalue weighted by molar-refractivity contribution is -0.308. The van der Waals surface area contributed by atoms with Gasteiger partial charge in [0.15, 0.2) is 0 Å². The first-order valence-corrected chi connectivity index (χ1v) is 22.3. The molecule has 3 N–H and O–H groups in total. The van der Waals surface area contributed by atoms with E-state index < -0.39 is 83.0 Å². The van der Waals surface area contributed by atoms with Gasteiger partial charge in [0.1, 0.15) is 24.0 Å². The summed E-state index contributed by atoms with van der Waals surface area (Å²) in [5.41, 5.74) is 1.62. The molecule has 14 heteroatoms. The van der Waals surface area contributed by atoms with Gasteiger partial charge in [-0.15, -0.1) is 6.58 Å². The van der Waals surface area contributed by atoms with E-state index in [9.17, 15) is 34.5 Å². The molecule has 13 nitrogen and oxygen atoms in total. The van der Waals surface area contributed by atoms with Gasteiger partial charge in [0.05, 0.1) is 29.6 Å². The molecule has 2 saturated heterocycles. The van der Waals surface area contributed by atoms with Gasteiger partial charge in [-0.05, 0) is 95.5 Å². The van der Waals surface area contributed by atoms with E-state index in [1.165, 1.54) is 4.90 Å². The van der Waals surface area contributed by atoms with Crippen molar-refractivity contribution in [2.45, 2.75) is 159 Å². The van der Waals surface area contributed by atoms with Gasteiger partial charge in [0.2, 0.25) is 5.79 Å². The van der Waals surface area contributed by atoms with E-state index in [4.69, 9.17) is 23.7 Å². The standard InChI is InChI=1S/C44H71NO12Si/c1-10-13-31-19-25(2)18-26(3)24-43(58,55-9)40-37(54-8)21-28(5)44(52,57-40)39(49)41(50)45-17-12-11-14-32(45)42(51)56-38(29(6)34(47)23-35(31)48)27(4)20-30-15-16-33(46)36(22-30)53-7/h10,19-20,26,28-34,36-38,40,46-47,52H,1,11-18,21-24H2,2-9,58H3/b25-19+,27-20+/t26-,28+,29+,30-,31+,32-,33+,34-,36+,37-,38+,40-,43-,44+/m0/s1. The van der Waals surface area contributed by atoms with Crippen LogP contribution in [0.2, 0.25) is 0 Å². The van der Waals surface area contributed by atoms with Crippen LogP contribution in [-0.4, -0.2) is 135 Å². The van der Waals surface area contributed by atoms with Gasteiger partial charge in [0, 0.05) is 62.3 Å². The molecule has 14 atom stereocenters. The lowest BCUT2D eigenvalue weighted by Gasteiger charge is -2.50. The number of amides is 1. The summed E-state index contributed by atoms with van der Waals surface area (Å²) in [6.07, 6.45) is 5.64. The number of ketones is 2. The minimum absolute atomic E-state index is 0.0107. The van der Waals surface area contributed by atoms with Crippen LogP contribution in [0.5, 0.6) is 0 Å². The van der Waals surface area contributed by atoms with Crippen LogP contribution in [0.3, 0.4) is 0 Å². The molecular weight excluding hydrogens is 763 g/mol. The Balaban J connectivity index is 1.80. The fourth-order valence-corrected chi connectivity index (χ4v) is 11.0. The summed E-state index contributed by atoms with van der Waals surface area (Å²) in [4.78, 5) is 58.1. The zero-order valence-electron chi connectivity index (χ0n) is 36.3. The Morgan fingerprint density at radius 2 is 1.69 bits per heavy atom. The molecule has 0 aromatic rings. The molecule has 0 aromatic carbocycles. The second kappa shape index (κ2) is 20.8. The number of allylic oxidation sites excluding steroid dienone is 4. The number of cyclic esters (lactones) is 1. The number of ether oxygens (including phenoxy) is 5. The Kier molecular flexibility index (Phi) is 17.3. The number of fused-ring (bicyclic) bond motifs is 3. The van der Waals surface area contributed by atoms with Crippen molar-refractivity contribution in [3.63, 3.8) is 0 Å². The Labute approximate surface area is 348 Å². The summed E-state index contributed by atoms with van der Waals surface area (Å²) in [7, 11) is 5.10. The number of methoxy groups -OCH3 is 3. The van der Waals surface area contributed by atoms with Crippen LogP contribution in [0.4, 0.5) is 0 Å². The van der Waals surface area contributed by atoms with Gasteiger partial charge in [-0.3, -0.25) is 14.4 Å². The van der Waals surface area contributed by atoms with Crippen molar-refractivity contribution < 1.29 is 58.2 Å². The molecule has 0 unspecified atom stereocenters. The molecule has 0 radical (unpaired) electrons. The Morgan fingerprint density at radius 1 is 1.00 bits per heavy atom. The summed E-state index contributed by atoms with van der Waals surface area (Å²) in [5, 5.41) is 33.4. The lowest BCUT2D eigenvalue weighted by Crippen LogP contribution is -2.67. The SMILES string of the molecule is C=CC[C@@H]1/C=C(\C)C[C@H](C)C[C@@]([SiH3])(OC)[C@H]2O[C@@](O)(C(=O)C(=O)N3CCCC[C@H]3C(=O)O[C@H](/C(C)=C/[C@@H]3CC[C@@H](O)[C@H](OC)C3)[C@H](C)[C@@H](O)CC1=O)[C@H](C)C[C@@H]2OC. The molecule has 1 amide bonds. The summed E-state index contributed by atoms with van der Waals surface area (Å²) in [6.45, 7) is 13.2. The molecular formula is C44H71NO12Si. The number of aliphatic hydroxyl groups is 3. The average molecular weight is 834 g/mol. The first-order chi connectivity index (χ1) is 27.3. The van der Waals surface area contributed by atoms with Crippen molar-refractivity contribution in [1.29, 1.82) is 0 Å². The van der Waals surface area contributed by atoms with Crippen LogP contribution in [0.1, 0.15) is 105 Å². The van der Waals surface area contributed by atoms with Crippen molar-refractivity contribution in [3.05, 3.63) is 36.0 Å². The highest BCUT2D eigenvalue weighted by atomic mass is 28.1. The van der Waals surface area contributed by atoms with Crippen molar-refractivity contribution in [1.82, 2.24) is 4.90 Å². The number of piperidine rings is 1. The zero-order chi connectivity index (χ0) is 43.1. The van der Waals surface area contributed by atoms with E-state index in [0.717, 1.165) is 5.57 Å². The van der Waals surface area contributed by atoms with Crippen molar-refractivity contribution in [2.24, 2.45) is 29.6 Å². The van der Waals surface area contributed by atoms with Gasteiger partial charge >= 0.3 is 5.97 Å². The smallest absolute Gasteiger partial charge is 0.329 e. The summed E-state index contributed by atoms with van der Waals surface area (Å²) < 4.78 is 30.2. The third kappa shape index (κ3) is 11.0. The first kappa shape index (κ1) is 48.1. The quantitative estimate of drug-likeness (QED) is 0.148. The number of Topliss-reactive ketones (excluding diaryl/α,β-unsaturated/α-hetero) is 2. The van der Waals surface area contributed by atoms with E-state index >= 15 is 0 Å². The van der Waals surface area contributed by atoms with Crippen LogP contribution in [0, 0.1) is 29.6 Å². The predicted molar refractivity (Wildman–Crippen MR) is 221 cm³/mol. The van der Waals surface area contributed by atoms with Gasteiger partial charge in [-0.25, -0.2) is 4.79 Å². The maximum atomic E-state index is 14.4. The Hall–Kier alpha value is -2.56. The van der Waals surface area contributed by atoms with Crippen LogP contribution in [0.15, 0.2) is 36.0 Å². The molecule has 0 spiro atoms. The van der Waals surface area contributed by atoms with Gasteiger partial charge in [0.25, 0.3) is 11.7 Å². The number of nitrogens with zero attached hydrogens (tertiary/aromatic N) is 1. The highest BCUT2D eigenvalue weighted by Crippen LogP contribution is 2.42. The van der Waals surface area contributed by atoms with Gasteiger partial charge in [-0.2, -0.15) is 0 Å². The number of hydrogen-bond donors (Lipinski definition) is 3. The van der Waals surface area contributed by atoms with Crippen molar-refractivity contribution in [2.75, 3.05) is 27.9 Å². The third-order valence-electron chi connectivity index (χ3n) is 13.4. The highest BCUT2D eigenvalue weighted by molar-refractivity contribution is 6.39.